The predicted molar refractivity (Wildman–Crippen MR) is 427 cm³/mol. The number of carbonyl (C=O) groups excluding carboxylic acids is 4. The number of aliphatic hydroxyl groups excluding tert-OH is 1. The highest BCUT2D eigenvalue weighted by Crippen LogP contribution is 2.45. The highest BCUT2D eigenvalue weighted by Gasteiger charge is 2.30. The van der Waals surface area contributed by atoms with Crippen LogP contribution in [-0.4, -0.2) is 96.7 Å². The van der Waals surface area contributed by atoms with Gasteiger partial charge in [0.15, 0.2) is 12.2 Å². The van der Waals surface area contributed by atoms with Crippen molar-refractivity contribution in [3.63, 3.8) is 0 Å². The summed E-state index contributed by atoms with van der Waals surface area (Å²) in [6.07, 6.45) is 86.8. The zero-order valence-corrected chi connectivity index (χ0v) is 66.7. The molecule has 0 amide bonds. The van der Waals surface area contributed by atoms with Gasteiger partial charge >= 0.3 is 39.5 Å². The van der Waals surface area contributed by atoms with Gasteiger partial charge in [-0.1, -0.05) is 270 Å². The number of carbonyl (C=O) groups is 4. The molecule has 5 atom stereocenters. The molecule has 0 spiro atoms. The average Bonchev–Trinajstić information content (AvgIpc) is 0.911. The number of esters is 4. The predicted octanol–water partition coefficient (Wildman–Crippen LogP) is 23.4. The first-order valence-electron chi connectivity index (χ1n) is 40.1. The van der Waals surface area contributed by atoms with Crippen LogP contribution in [0.25, 0.3) is 0 Å². The normalized spacial score (nSPS) is 14.6. The van der Waals surface area contributed by atoms with Crippen molar-refractivity contribution in [1.29, 1.82) is 0 Å². The molecule has 104 heavy (non-hydrogen) atoms. The highest BCUT2D eigenvalue weighted by molar-refractivity contribution is 7.47. The van der Waals surface area contributed by atoms with Crippen LogP contribution in [0.2, 0.25) is 0 Å². The van der Waals surface area contributed by atoms with E-state index < -0.39 is 97.5 Å². The van der Waals surface area contributed by atoms with Crippen LogP contribution in [0.5, 0.6) is 0 Å². The Morgan fingerprint density at radius 2 is 0.500 bits per heavy atom. The van der Waals surface area contributed by atoms with E-state index in [1.54, 1.807) is 0 Å². The molecule has 0 aromatic carbocycles. The third-order valence-corrected chi connectivity index (χ3v) is 18.2. The Balaban J connectivity index is 5.41. The first-order chi connectivity index (χ1) is 50.7. The van der Waals surface area contributed by atoms with Gasteiger partial charge in [0.05, 0.1) is 26.4 Å². The minimum absolute atomic E-state index is 0.0724. The first-order valence-corrected chi connectivity index (χ1v) is 43.1. The maximum absolute atomic E-state index is 13.1. The van der Waals surface area contributed by atoms with E-state index in [0.717, 1.165) is 205 Å². The summed E-state index contributed by atoms with van der Waals surface area (Å²) in [5, 5.41) is 10.6. The molecular formula is C85H142O17P2. The molecule has 0 aliphatic carbocycles. The lowest BCUT2D eigenvalue weighted by Crippen LogP contribution is -2.30. The van der Waals surface area contributed by atoms with Gasteiger partial charge in [-0.3, -0.25) is 37.3 Å². The smallest absolute Gasteiger partial charge is 0.462 e. The van der Waals surface area contributed by atoms with Crippen molar-refractivity contribution >= 4 is 39.5 Å². The van der Waals surface area contributed by atoms with E-state index in [1.807, 2.05) is 0 Å². The molecule has 0 fully saturated rings. The quantitative estimate of drug-likeness (QED) is 0.0169. The van der Waals surface area contributed by atoms with Crippen LogP contribution in [0.3, 0.4) is 0 Å². The van der Waals surface area contributed by atoms with E-state index in [9.17, 15) is 43.2 Å². The van der Waals surface area contributed by atoms with Gasteiger partial charge in [0.25, 0.3) is 0 Å². The minimum Gasteiger partial charge on any atom is -0.462 e. The zero-order chi connectivity index (χ0) is 76.0. The van der Waals surface area contributed by atoms with Crippen LogP contribution in [0.1, 0.15) is 310 Å². The number of hydrogen-bond acceptors (Lipinski definition) is 15. The molecule has 0 heterocycles. The molecule has 0 rings (SSSR count). The van der Waals surface area contributed by atoms with E-state index >= 15 is 0 Å². The maximum Gasteiger partial charge on any atom is 0.472 e. The van der Waals surface area contributed by atoms with E-state index in [2.05, 4.69) is 174 Å². The average molecular weight is 1500 g/mol. The third-order valence-electron chi connectivity index (χ3n) is 16.3. The number of phosphoric acid groups is 2. The standard InChI is InChI=1S/C85H142O17P2/c1-5-9-13-17-21-25-29-33-36-38-39-41-43-47-50-54-58-62-66-70-83(88)96-76-81(102-85(90)72-68-64-60-56-52-48-44-40-37-34-30-26-22-18-14-10-6-2)78-100-104(93,94)98-74-79(86)73-97-103(91,92)99-77-80(101-84(89)71-67-63-59-55-51-45-32-28-24-20-16-12-8-4)75-95-82(87)69-65-61-57-53-49-46-42-35-31-27-23-19-15-11-7-3/h9-11,13-15,21-23,25-28,32-37,39,41-42,49,53,79-81,86H,5-8,12,16-20,24,29-31,38,40,43-48,50-52,54-78H2,1-4H3,(H,91,92)(H,93,94)/b13-9-,14-10-,15-11-,25-21-,26-22-,27-23-,32-28-,36-33-,37-34-,41-39-,42-35-,53-49-. The summed E-state index contributed by atoms with van der Waals surface area (Å²) in [5.41, 5.74) is 0. The fourth-order valence-electron chi connectivity index (χ4n) is 10.3. The lowest BCUT2D eigenvalue weighted by Gasteiger charge is -2.21. The van der Waals surface area contributed by atoms with E-state index in [4.69, 9.17) is 37.0 Å². The number of unbranched alkanes of at least 4 members (excludes halogenated alkanes) is 24. The number of ether oxygens (including phenoxy) is 4. The minimum atomic E-state index is -4.99. The van der Waals surface area contributed by atoms with Crippen LogP contribution in [-0.2, 0) is 65.4 Å². The molecule has 0 aromatic heterocycles. The molecule has 0 radical (unpaired) electrons. The summed E-state index contributed by atoms with van der Waals surface area (Å²) >= 11 is 0. The first kappa shape index (κ1) is 98.9. The zero-order valence-electron chi connectivity index (χ0n) is 64.9. The fraction of sp³-hybridized carbons (Fsp3) is 0.671. The van der Waals surface area contributed by atoms with Crippen molar-refractivity contribution in [3.05, 3.63) is 146 Å². The molecule has 594 valence electrons. The Morgan fingerprint density at radius 1 is 0.279 bits per heavy atom. The van der Waals surface area contributed by atoms with Crippen molar-refractivity contribution in [3.8, 4) is 0 Å². The number of aliphatic hydroxyl groups is 1. The van der Waals surface area contributed by atoms with Crippen molar-refractivity contribution in [2.45, 2.75) is 329 Å². The summed E-state index contributed by atoms with van der Waals surface area (Å²) in [6.45, 7) is 4.45. The number of allylic oxidation sites excluding steroid dienone is 24. The molecule has 0 bridgehead atoms. The van der Waals surface area contributed by atoms with E-state index in [1.165, 1.54) is 25.7 Å². The van der Waals surface area contributed by atoms with Crippen LogP contribution in [0.4, 0.5) is 0 Å². The summed E-state index contributed by atoms with van der Waals surface area (Å²) < 4.78 is 68.6. The van der Waals surface area contributed by atoms with Crippen LogP contribution in [0.15, 0.2) is 146 Å². The van der Waals surface area contributed by atoms with Crippen molar-refractivity contribution < 1.29 is 80.2 Å². The van der Waals surface area contributed by atoms with Gasteiger partial charge in [-0.2, -0.15) is 0 Å². The Morgan fingerprint density at radius 3 is 0.798 bits per heavy atom. The number of rotatable bonds is 74. The summed E-state index contributed by atoms with van der Waals surface area (Å²) in [7, 11) is -9.98. The molecule has 0 saturated carbocycles. The van der Waals surface area contributed by atoms with Gasteiger partial charge in [-0.25, -0.2) is 9.13 Å². The van der Waals surface area contributed by atoms with Gasteiger partial charge in [0, 0.05) is 25.7 Å². The Kier molecular flexibility index (Phi) is 72.4. The van der Waals surface area contributed by atoms with Crippen LogP contribution < -0.4 is 0 Å². The van der Waals surface area contributed by atoms with E-state index in [0.29, 0.717) is 25.7 Å². The third kappa shape index (κ3) is 75.2. The van der Waals surface area contributed by atoms with Crippen LogP contribution >= 0.6 is 15.6 Å². The van der Waals surface area contributed by atoms with Crippen molar-refractivity contribution in [2.24, 2.45) is 0 Å². The van der Waals surface area contributed by atoms with Gasteiger partial charge in [-0.15, -0.1) is 0 Å². The second-order valence-electron chi connectivity index (χ2n) is 26.2. The topological polar surface area (TPSA) is 237 Å². The lowest BCUT2D eigenvalue weighted by atomic mass is 10.1. The Hall–Kier alpha value is -5.06. The lowest BCUT2D eigenvalue weighted by molar-refractivity contribution is -0.161. The molecule has 17 nitrogen and oxygen atoms in total. The fourth-order valence-corrected chi connectivity index (χ4v) is 11.8. The number of phosphoric ester groups is 2. The SMILES string of the molecule is CC/C=C\C/C=C\C/C=C\C/C=C\CCCCCCCCC(=O)OCC(COP(=O)(O)OCC(O)COP(=O)(O)OCC(COC(=O)CCCC/C=C\C/C=C\C/C=C\C/C=C\CC)OC(=O)CCCCCCC/C=C\CCCCCC)OC(=O)CCCCCCCCC/C=C\C/C=C\C/C=C\CC. The Bertz CT molecular complexity index is 2540. The van der Waals surface area contributed by atoms with Crippen molar-refractivity contribution in [1.82, 2.24) is 0 Å². The van der Waals surface area contributed by atoms with Gasteiger partial charge in [0.2, 0.25) is 0 Å². The molecule has 0 aliphatic rings. The monoisotopic (exact) mass is 1500 g/mol. The molecule has 0 aliphatic heterocycles. The molecule has 0 saturated heterocycles. The van der Waals surface area contributed by atoms with Crippen LogP contribution in [0, 0.1) is 0 Å². The Labute approximate surface area is 630 Å². The maximum atomic E-state index is 13.1. The molecule has 19 heteroatoms. The largest absolute Gasteiger partial charge is 0.472 e. The summed E-state index contributed by atoms with van der Waals surface area (Å²) in [4.78, 5) is 73.0. The van der Waals surface area contributed by atoms with Gasteiger partial charge < -0.3 is 33.8 Å². The summed E-state index contributed by atoms with van der Waals surface area (Å²) in [5.74, 6) is -2.26. The number of hydrogen-bond donors (Lipinski definition) is 3. The second-order valence-corrected chi connectivity index (χ2v) is 29.1. The van der Waals surface area contributed by atoms with Crippen molar-refractivity contribution in [2.75, 3.05) is 39.6 Å². The molecule has 0 aromatic rings. The molecule has 5 unspecified atom stereocenters. The van der Waals surface area contributed by atoms with Gasteiger partial charge in [-0.05, 0) is 161 Å². The summed E-state index contributed by atoms with van der Waals surface area (Å²) in [6, 6.07) is 0. The molecular weight excluding hydrogens is 1350 g/mol. The van der Waals surface area contributed by atoms with E-state index in [-0.39, 0.29) is 25.7 Å². The molecule has 3 N–H and O–H groups in total. The van der Waals surface area contributed by atoms with Gasteiger partial charge in [0.1, 0.15) is 19.3 Å². The second kappa shape index (κ2) is 76.1. The highest BCUT2D eigenvalue weighted by atomic mass is 31.2.